The van der Waals surface area contributed by atoms with Crippen molar-refractivity contribution in [3.8, 4) is 0 Å². The van der Waals surface area contributed by atoms with E-state index in [1.54, 1.807) is 0 Å². The summed E-state index contributed by atoms with van der Waals surface area (Å²) in [6, 6.07) is 0. The van der Waals surface area contributed by atoms with Crippen molar-refractivity contribution < 1.29 is 3.83 Å². The third kappa shape index (κ3) is 4.73. The van der Waals surface area contributed by atoms with Gasteiger partial charge in [-0.2, -0.15) is 0 Å². The van der Waals surface area contributed by atoms with Crippen LogP contribution in [0.15, 0.2) is 0 Å². The number of hydrogen-bond donors (Lipinski definition) is 0. The molecule has 0 saturated carbocycles. The lowest BCUT2D eigenvalue weighted by molar-refractivity contribution is 0.397. The molecule has 0 aromatic heterocycles. The van der Waals surface area contributed by atoms with Gasteiger partial charge >= 0.3 is 0 Å². The molecular weight excluding hydrogens is 167 g/mol. The van der Waals surface area contributed by atoms with Gasteiger partial charge in [-0.25, -0.2) is 0 Å². The molecule has 0 N–H and O–H groups in total. The van der Waals surface area contributed by atoms with Gasteiger partial charge in [-0.15, -0.1) is 11.6 Å². The summed E-state index contributed by atoms with van der Waals surface area (Å²) in [6.07, 6.45) is 0.910. The van der Waals surface area contributed by atoms with E-state index >= 15 is 0 Å². The van der Waals surface area contributed by atoms with Crippen molar-refractivity contribution in [2.24, 2.45) is 0 Å². The normalized spacial score (nSPS) is 9.00. The van der Waals surface area contributed by atoms with Crippen LogP contribution in [0.25, 0.3) is 0 Å². The number of hydrogen-bond acceptors (Lipinski definition) is 1. The molecule has 0 rings (SSSR count). The lowest BCUT2D eigenvalue weighted by Gasteiger charge is -1.85. The number of alkyl halides is 1. The first-order chi connectivity index (χ1) is 2.91. The van der Waals surface area contributed by atoms with Gasteiger partial charge in [0.15, 0.2) is 0 Å². The Hall–Kier alpha value is 0.730. The van der Waals surface area contributed by atoms with Crippen molar-refractivity contribution in [1.29, 1.82) is 0 Å². The molecule has 0 aliphatic heterocycles. The molecule has 0 spiro atoms. The van der Waals surface area contributed by atoms with Crippen LogP contribution in [-0.2, 0) is 3.83 Å². The van der Waals surface area contributed by atoms with E-state index in [9.17, 15) is 0 Å². The van der Waals surface area contributed by atoms with E-state index in [-0.39, 0.29) is 0 Å². The highest BCUT2D eigenvalue weighted by Gasteiger charge is 1.77. The number of rotatable bonds is 3. The summed E-state index contributed by atoms with van der Waals surface area (Å²) in [5, 5.41) is 0. The van der Waals surface area contributed by atoms with E-state index in [0.29, 0.717) is 12.5 Å². The summed E-state index contributed by atoms with van der Waals surface area (Å²) in [6.45, 7) is 0.698. The Balaban J connectivity index is 2.34. The fourth-order valence-corrected chi connectivity index (χ4v) is 0.447. The van der Waals surface area contributed by atoms with Crippen molar-refractivity contribution >= 4 is 27.9 Å². The molecule has 1 nitrogen and oxygen atoms in total. The third-order valence-electron chi connectivity index (χ3n) is 0.355. The standard InChI is InChI=1S/C3H6BrClO/c4-6-3-1-2-5/h1-3H2. The second-order valence-electron chi connectivity index (χ2n) is 0.856. The van der Waals surface area contributed by atoms with E-state index in [2.05, 4.69) is 20.1 Å². The van der Waals surface area contributed by atoms with E-state index < -0.39 is 0 Å². The van der Waals surface area contributed by atoms with Gasteiger partial charge < -0.3 is 3.83 Å². The van der Waals surface area contributed by atoms with Crippen molar-refractivity contribution in [1.82, 2.24) is 0 Å². The van der Waals surface area contributed by atoms with Crippen LogP contribution in [0.4, 0.5) is 0 Å². The molecule has 0 unspecified atom stereocenters. The molecule has 3 heteroatoms. The fourth-order valence-electron chi connectivity index (χ4n) is 0.109. The van der Waals surface area contributed by atoms with Gasteiger partial charge in [0.05, 0.1) is 22.9 Å². The summed E-state index contributed by atoms with van der Waals surface area (Å²) in [4.78, 5) is 0. The third-order valence-corrected chi connectivity index (χ3v) is 0.946. The minimum atomic E-state index is 0.672. The Morgan fingerprint density at radius 1 is 1.67 bits per heavy atom. The topological polar surface area (TPSA) is 9.23 Å². The molecule has 0 aromatic carbocycles. The monoisotopic (exact) mass is 172 g/mol. The first kappa shape index (κ1) is 6.73. The van der Waals surface area contributed by atoms with E-state index in [4.69, 9.17) is 11.6 Å². The highest BCUT2D eigenvalue weighted by molar-refractivity contribution is 9.06. The van der Waals surface area contributed by atoms with Gasteiger partial charge in [0.25, 0.3) is 0 Å². The summed E-state index contributed by atoms with van der Waals surface area (Å²) >= 11 is 8.07. The SMILES string of the molecule is ClCCCOBr. The second kappa shape index (κ2) is 5.73. The zero-order valence-corrected chi connectivity index (χ0v) is 5.63. The summed E-state index contributed by atoms with van der Waals surface area (Å²) in [5.74, 6) is 0.672. The maximum atomic E-state index is 5.28. The molecule has 0 heterocycles. The van der Waals surface area contributed by atoms with Crippen LogP contribution in [0.2, 0.25) is 0 Å². The molecular formula is C3H6BrClO. The average Bonchev–Trinajstić information content (AvgIpc) is 1.61. The summed E-state index contributed by atoms with van der Waals surface area (Å²) < 4.78 is 4.51. The van der Waals surface area contributed by atoms with Crippen LogP contribution in [0.5, 0.6) is 0 Å². The lowest BCUT2D eigenvalue weighted by Crippen LogP contribution is -1.81. The van der Waals surface area contributed by atoms with Crippen molar-refractivity contribution in [3.05, 3.63) is 0 Å². The minimum Gasteiger partial charge on any atom is -0.308 e. The Morgan fingerprint density at radius 3 is 2.50 bits per heavy atom. The van der Waals surface area contributed by atoms with Crippen LogP contribution < -0.4 is 0 Å². The van der Waals surface area contributed by atoms with Crippen LogP contribution in [-0.4, -0.2) is 12.5 Å². The maximum absolute atomic E-state index is 5.28. The van der Waals surface area contributed by atoms with Gasteiger partial charge in [0.1, 0.15) is 0 Å². The van der Waals surface area contributed by atoms with Gasteiger partial charge in [-0.1, -0.05) is 0 Å². The van der Waals surface area contributed by atoms with Crippen LogP contribution in [0, 0.1) is 0 Å². The smallest absolute Gasteiger partial charge is 0.0987 e. The highest BCUT2D eigenvalue weighted by Crippen LogP contribution is 1.88. The van der Waals surface area contributed by atoms with E-state index in [0.717, 1.165) is 6.42 Å². The van der Waals surface area contributed by atoms with Gasteiger partial charge in [-0.05, 0) is 6.42 Å². The largest absolute Gasteiger partial charge is 0.308 e. The van der Waals surface area contributed by atoms with E-state index in [1.165, 1.54) is 0 Å². The predicted octanol–water partition coefficient (Wildman–Crippen LogP) is 1.94. The second-order valence-corrected chi connectivity index (χ2v) is 1.69. The van der Waals surface area contributed by atoms with Crippen molar-refractivity contribution in [2.75, 3.05) is 12.5 Å². The zero-order valence-electron chi connectivity index (χ0n) is 3.29. The Morgan fingerprint density at radius 2 is 2.33 bits per heavy atom. The fraction of sp³-hybridized carbons (Fsp3) is 1.00. The van der Waals surface area contributed by atoms with Gasteiger partial charge in [-0.3, -0.25) is 0 Å². The molecule has 38 valence electrons. The molecule has 0 aliphatic carbocycles. The molecule has 0 radical (unpaired) electrons. The van der Waals surface area contributed by atoms with Crippen LogP contribution in [0.1, 0.15) is 6.42 Å². The summed E-state index contributed by atoms with van der Waals surface area (Å²) in [7, 11) is 0. The lowest BCUT2D eigenvalue weighted by atomic mass is 10.5. The predicted molar refractivity (Wildman–Crippen MR) is 30.2 cm³/mol. The van der Waals surface area contributed by atoms with E-state index in [1.807, 2.05) is 0 Å². The van der Waals surface area contributed by atoms with Crippen molar-refractivity contribution in [3.63, 3.8) is 0 Å². The molecule has 0 aliphatic rings. The van der Waals surface area contributed by atoms with Crippen molar-refractivity contribution in [2.45, 2.75) is 6.42 Å². The zero-order chi connectivity index (χ0) is 4.83. The molecule has 0 aromatic rings. The molecule has 0 atom stereocenters. The molecule has 6 heavy (non-hydrogen) atoms. The highest BCUT2D eigenvalue weighted by atomic mass is 79.9. The Kier molecular flexibility index (Phi) is 6.43. The Bertz CT molecular complexity index is 22.8. The van der Waals surface area contributed by atoms with Gasteiger partial charge in [0.2, 0.25) is 0 Å². The summed E-state index contributed by atoms with van der Waals surface area (Å²) in [5.41, 5.74) is 0. The first-order valence-corrected chi connectivity index (χ1v) is 2.89. The maximum Gasteiger partial charge on any atom is 0.0987 e. The van der Waals surface area contributed by atoms with Crippen LogP contribution >= 0.6 is 27.9 Å². The molecule has 0 fully saturated rings. The first-order valence-electron chi connectivity index (χ1n) is 1.71. The van der Waals surface area contributed by atoms with Gasteiger partial charge in [0, 0.05) is 5.88 Å². The minimum absolute atomic E-state index is 0.672. The molecule has 0 saturated heterocycles. The van der Waals surface area contributed by atoms with Crippen LogP contribution in [0.3, 0.4) is 0 Å². The average molecular weight is 173 g/mol. The quantitative estimate of drug-likeness (QED) is 0.468. The molecule has 0 bridgehead atoms. The Labute approximate surface area is 51.1 Å². The number of halogens is 2. The molecule has 0 amide bonds.